The molecular formula is C22H22N6O5S2. The monoisotopic (exact) mass is 514 g/mol. The number of hydrogen-bond donors (Lipinski definition) is 2. The van der Waals surface area contributed by atoms with Crippen LogP contribution in [0.25, 0.3) is 0 Å². The van der Waals surface area contributed by atoms with Crippen molar-refractivity contribution in [3.05, 3.63) is 51.6 Å². The zero-order valence-corrected chi connectivity index (χ0v) is 20.3. The number of anilines is 1. The Labute approximate surface area is 208 Å². The molecule has 1 fully saturated rings. The van der Waals surface area contributed by atoms with E-state index in [0.717, 1.165) is 30.6 Å². The molecule has 0 aromatic carbocycles. The number of carbonyl (C=O) groups is 3. The topological polar surface area (TPSA) is 154 Å². The molecule has 2 aromatic rings. The van der Waals surface area contributed by atoms with Crippen molar-refractivity contribution < 1.29 is 28.9 Å². The van der Waals surface area contributed by atoms with Gasteiger partial charge in [0.15, 0.2) is 29.3 Å². The number of β-lactam (4-membered cyclic amide) rings is 1. The van der Waals surface area contributed by atoms with E-state index in [1.165, 1.54) is 35.0 Å². The Bertz CT molecular complexity index is 1270. The molecule has 3 atom stereocenters. The number of carboxylic acids is 1. The molecule has 0 spiro atoms. The van der Waals surface area contributed by atoms with Crippen molar-refractivity contribution in [2.75, 3.05) is 12.8 Å². The van der Waals surface area contributed by atoms with Gasteiger partial charge in [-0.1, -0.05) is 5.16 Å². The summed E-state index contributed by atoms with van der Waals surface area (Å²) in [6.07, 6.45) is 4.93. The minimum Gasteiger partial charge on any atom is -0.548 e. The fourth-order valence-corrected chi connectivity index (χ4v) is 6.45. The van der Waals surface area contributed by atoms with Crippen LogP contribution in [0.2, 0.25) is 0 Å². The molecule has 13 heteroatoms. The van der Waals surface area contributed by atoms with Crippen LogP contribution in [0.4, 0.5) is 5.13 Å². The number of carboxylic acid groups (broad SMARTS) is 1. The first kappa shape index (κ1) is 23.3. The molecule has 182 valence electrons. The van der Waals surface area contributed by atoms with Crippen molar-refractivity contribution in [2.24, 2.45) is 5.16 Å². The van der Waals surface area contributed by atoms with Crippen LogP contribution in [-0.2, 0) is 38.6 Å². The van der Waals surface area contributed by atoms with E-state index in [1.807, 2.05) is 16.8 Å². The highest BCUT2D eigenvalue weighted by molar-refractivity contribution is 8.02. The highest BCUT2D eigenvalue weighted by Gasteiger charge is 2.55. The van der Waals surface area contributed by atoms with Gasteiger partial charge >= 0.3 is 0 Å². The van der Waals surface area contributed by atoms with Gasteiger partial charge in [-0.25, -0.2) is 4.98 Å². The zero-order chi connectivity index (χ0) is 24.7. The second-order valence-electron chi connectivity index (χ2n) is 8.29. The van der Waals surface area contributed by atoms with Gasteiger partial charge in [0.25, 0.3) is 5.91 Å². The fraction of sp³-hybridized carbons (Fsp3) is 0.364. The average molecular weight is 515 g/mol. The third-order valence-electron chi connectivity index (χ3n) is 6.23. The highest BCUT2D eigenvalue weighted by atomic mass is 32.2. The number of thiazole rings is 1. The van der Waals surface area contributed by atoms with E-state index < -0.39 is 35.2 Å². The smallest absolute Gasteiger partial charge is 0.276 e. The van der Waals surface area contributed by atoms with Crippen molar-refractivity contribution in [3.8, 4) is 0 Å². The lowest BCUT2D eigenvalue weighted by atomic mass is 9.97. The SMILES string of the molecule is CO/N=C(\C(=O)N[C@@H]1C(=O)N2C(C(=O)[O-])C(C[n+]3cccc4c3CCC4)=CS[C@H]12)c1csc(N)n1. The Kier molecular flexibility index (Phi) is 6.19. The quantitative estimate of drug-likeness (QED) is 0.205. The number of aliphatic carboxylic acids is 1. The maximum Gasteiger partial charge on any atom is 0.276 e. The van der Waals surface area contributed by atoms with E-state index in [4.69, 9.17) is 10.6 Å². The van der Waals surface area contributed by atoms with Gasteiger partial charge in [-0.05, 0) is 24.3 Å². The largest absolute Gasteiger partial charge is 0.548 e. The lowest BCUT2D eigenvalue weighted by Crippen LogP contribution is -2.75. The summed E-state index contributed by atoms with van der Waals surface area (Å²) >= 11 is 2.43. The van der Waals surface area contributed by atoms with E-state index in [9.17, 15) is 19.5 Å². The summed E-state index contributed by atoms with van der Waals surface area (Å²) in [7, 11) is 1.28. The Morgan fingerprint density at radius 1 is 1.43 bits per heavy atom. The minimum absolute atomic E-state index is 0.130. The van der Waals surface area contributed by atoms with Gasteiger partial charge in [0, 0.05) is 29.0 Å². The first-order chi connectivity index (χ1) is 16.9. The molecule has 1 unspecified atom stereocenters. The van der Waals surface area contributed by atoms with Crippen LogP contribution in [0.1, 0.15) is 23.4 Å². The van der Waals surface area contributed by atoms with Crippen LogP contribution in [0, 0.1) is 0 Å². The number of carbonyl (C=O) groups excluding carboxylic acids is 3. The molecule has 4 heterocycles. The van der Waals surface area contributed by atoms with Crippen LogP contribution in [0.3, 0.4) is 0 Å². The highest BCUT2D eigenvalue weighted by Crippen LogP contribution is 2.40. The van der Waals surface area contributed by atoms with Crippen LogP contribution in [0.15, 0.2) is 39.8 Å². The number of rotatable bonds is 7. The number of hydrogen-bond acceptors (Lipinski definition) is 10. The van der Waals surface area contributed by atoms with Crippen molar-refractivity contribution in [1.29, 1.82) is 0 Å². The minimum atomic E-state index is -1.35. The van der Waals surface area contributed by atoms with Crippen LogP contribution in [0.5, 0.6) is 0 Å². The Hall–Kier alpha value is -3.45. The van der Waals surface area contributed by atoms with Gasteiger partial charge in [0.1, 0.15) is 30.3 Å². The summed E-state index contributed by atoms with van der Waals surface area (Å²) in [5.74, 6) is -2.54. The zero-order valence-electron chi connectivity index (χ0n) is 18.7. The molecule has 1 aliphatic carbocycles. The van der Waals surface area contributed by atoms with Gasteiger partial charge in [-0.2, -0.15) is 4.57 Å². The molecule has 0 radical (unpaired) electrons. The van der Waals surface area contributed by atoms with Crippen molar-refractivity contribution in [3.63, 3.8) is 0 Å². The predicted molar refractivity (Wildman–Crippen MR) is 126 cm³/mol. The van der Waals surface area contributed by atoms with Gasteiger partial charge < -0.3 is 30.7 Å². The Balaban J connectivity index is 1.35. The molecule has 3 N–H and O–H groups in total. The molecule has 11 nitrogen and oxygen atoms in total. The number of nitrogens with two attached hydrogens (primary N) is 1. The lowest BCUT2D eigenvalue weighted by Gasteiger charge is -2.52. The maximum absolute atomic E-state index is 13.0. The van der Waals surface area contributed by atoms with Crippen LogP contribution in [-0.4, -0.2) is 57.9 Å². The summed E-state index contributed by atoms with van der Waals surface area (Å²) < 4.78 is 2.04. The predicted octanol–water partition coefficient (Wildman–Crippen LogP) is -1.05. The van der Waals surface area contributed by atoms with E-state index in [1.54, 1.807) is 10.8 Å². The van der Waals surface area contributed by atoms with Crippen molar-refractivity contribution in [1.82, 2.24) is 15.2 Å². The van der Waals surface area contributed by atoms with Gasteiger partial charge in [0.2, 0.25) is 5.91 Å². The average Bonchev–Trinajstić information content (AvgIpc) is 3.49. The van der Waals surface area contributed by atoms with E-state index in [-0.39, 0.29) is 16.5 Å². The number of nitrogens with one attached hydrogen (secondary N) is 1. The molecule has 3 aliphatic rings. The molecule has 2 amide bonds. The number of pyridine rings is 1. The third-order valence-corrected chi connectivity index (χ3v) is 8.12. The number of amides is 2. The summed E-state index contributed by atoms with van der Waals surface area (Å²) in [5.41, 5.74) is 8.75. The molecule has 35 heavy (non-hydrogen) atoms. The summed E-state index contributed by atoms with van der Waals surface area (Å²) in [4.78, 5) is 48.1. The number of thioether (sulfide) groups is 1. The number of fused-ring (bicyclic) bond motifs is 2. The number of aryl methyl sites for hydroxylation is 1. The normalized spacial score (nSPS) is 23.2. The summed E-state index contributed by atoms with van der Waals surface area (Å²) in [6.45, 7) is 0.345. The van der Waals surface area contributed by atoms with Crippen molar-refractivity contribution >= 4 is 51.7 Å². The number of nitrogen functional groups attached to an aromatic ring is 1. The number of nitrogens with zero attached hydrogens (tertiary/aromatic N) is 4. The first-order valence-electron chi connectivity index (χ1n) is 10.9. The molecule has 2 aliphatic heterocycles. The standard InChI is InChI=1S/C22H22N6O5S2/c1-33-26-15(13-10-35-22(23)24-13)18(29)25-16-19(30)28-17(21(31)32)12(9-34-20(16)28)8-27-7-3-5-11-4-2-6-14(11)27/h3,5,7,9-10,16-17,20H,2,4,6,8H2,1H3,(H3-,23,24,25,29,31,32)/b26-15-/t16-,17?,20-/m1/s1. The van der Waals surface area contributed by atoms with Crippen molar-refractivity contribution in [2.45, 2.75) is 43.3 Å². The van der Waals surface area contributed by atoms with E-state index in [2.05, 4.69) is 21.5 Å². The second-order valence-corrected chi connectivity index (χ2v) is 10.2. The van der Waals surface area contributed by atoms with Gasteiger partial charge in [0.05, 0.1) is 5.97 Å². The molecule has 0 saturated carbocycles. The molecule has 0 bridgehead atoms. The summed E-state index contributed by atoms with van der Waals surface area (Å²) in [6, 6.07) is 1.89. The molecule has 1 saturated heterocycles. The van der Waals surface area contributed by atoms with Crippen LogP contribution >= 0.6 is 23.1 Å². The third kappa shape index (κ3) is 4.14. The molecule has 5 rings (SSSR count). The number of aromatic nitrogens is 2. The lowest BCUT2D eigenvalue weighted by molar-refractivity contribution is -0.696. The van der Waals surface area contributed by atoms with E-state index in [0.29, 0.717) is 12.1 Å². The number of oxime groups is 1. The van der Waals surface area contributed by atoms with Gasteiger partial charge in [-0.15, -0.1) is 23.1 Å². The molecule has 2 aromatic heterocycles. The van der Waals surface area contributed by atoms with Gasteiger partial charge in [-0.3, -0.25) is 9.59 Å². The summed E-state index contributed by atoms with van der Waals surface area (Å²) in [5, 5.41) is 21.5. The van der Waals surface area contributed by atoms with Crippen LogP contribution < -0.4 is 20.7 Å². The fourth-order valence-electron chi connectivity index (χ4n) is 4.69. The molecular weight excluding hydrogens is 492 g/mol. The second kappa shape index (κ2) is 9.30. The first-order valence-corrected chi connectivity index (χ1v) is 12.7. The Morgan fingerprint density at radius 2 is 2.26 bits per heavy atom. The Morgan fingerprint density at radius 3 is 2.97 bits per heavy atom. The maximum atomic E-state index is 13.0. The van der Waals surface area contributed by atoms with E-state index >= 15 is 0 Å².